The molecule has 0 aromatic heterocycles. The number of ether oxygens (including phenoxy) is 2. The summed E-state index contributed by atoms with van der Waals surface area (Å²) in [6, 6.07) is 14.6. The van der Waals surface area contributed by atoms with Crippen LogP contribution in [-0.4, -0.2) is 38.5 Å². The molecule has 2 amide bonds. The second-order valence-electron chi connectivity index (χ2n) is 5.92. The number of rotatable bonds is 10. The largest absolute Gasteiger partial charge is 0.496 e. The van der Waals surface area contributed by atoms with E-state index in [9.17, 15) is 9.59 Å². The van der Waals surface area contributed by atoms with Crippen LogP contribution in [0, 0.1) is 0 Å². The number of hydrogen-bond donors (Lipinski definition) is 2. The van der Waals surface area contributed by atoms with Gasteiger partial charge in [-0.1, -0.05) is 24.3 Å². The van der Waals surface area contributed by atoms with Crippen molar-refractivity contribution < 1.29 is 19.1 Å². The van der Waals surface area contributed by atoms with Crippen LogP contribution < -0.4 is 20.3 Å². The van der Waals surface area contributed by atoms with Gasteiger partial charge in [0, 0.05) is 24.0 Å². The summed E-state index contributed by atoms with van der Waals surface area (Å²) in [5, 5.41) is 7.81. The number of hydrazone groups is 2. The van der Waals surface area contributed by atoms with Crippen molar-refractivity contribution >= 4 is 24.2 Å². The van der Waals surface area contributed by atoms with E-state index in [0.29, 0.717) is 17.9 Å². The fourth-order valence-electron chi connectivity index (χ4n) is 2.42. The minimum atomic E-state index is -0.276. The zero-order valence-corrected chi connectivity index (χ0v) is 16.4. The lowest BCUT2D eigenvalue weighted by Gasteiger charge is -2.04. The van der Waals surface area contributed by atoms with E-state index in [1.165, 1.54) is 12.4 Å². The molecule has 8 heteroatoms. The number of methoxy groups -OCH3 is 2. The molecule has 0 heterocycles. The molecular weight excluding hydrogens is 372 g/mol. The first-order valence-corrected chi connectivity index (χ1v) is 9.04. The zero-order valence-electron chi connectivity index (χ0n) is 16.4. The highest BCUT2D eigenvalue weighted by molar-refractivity contribution is 5.86. The molecule has 8 nitrogen and oxygen atoms in total. The van der Waals surface area contributed by atoms with Crippen LogP contribution in [0.5, 0.6) is 11.5 Å². The fraction of sp³-hybridized carbons (Fsp3) is 0.238. The normalized spacial score (nSPS) is 10.8. The highest BCUT2D eigenvalue weighted by atomic mass is 16.5. The summed E-state index contributed by atoms with van der Waals surface area (Å²) in [6.45, 7) is 0. The SMILES string of the molecule is COc1ccccc1/C=N/NC(=O)CCCC(=O)N/N=C/c1ccccc1OC. The van der Waals surface area contributed by atoms with Crippen LogP contribution in [0.3, 0.4) is 0 Å². The van der Waals surface area contributed by atoms with Crippen molar-refractivity contribution in [2.75, 3.05) is 14.2 Å². The summed E-state index contributed by atoms with van der Waals surface area (Å²) in [7, 11) is 3.13. The number of carbonyl (C=O) groups is 2. The molecule has 0 unspecified atom stereocenters. The van der Waals surface area contributed by atoms with E-state index in [1.54, 1.807) is 26.4 Å². The maximum absolute atomic E-state index is 11.8. The number of carbonyl (C=O) groups excluding carboxylic acids is 2. The van der Waals surface area contributed by atoms with Gasteiger partial charge in [-0.3, -0.25) is 9.59 Å². The van der Waals surface area contributed by atoms with Crippen molar-refractivity contribution in [2.24, 2.45) is 10.2 Å². The fourth-order valence-corrected chi connectivity index (χ4v) is 2.42. The molecule has 29 heavy (non-hydrogen) atoms. The third kappa shape index (κ3) is 7.45. The Kier molecular flexibility index (Phi) is 8.88. The summed E-state index contributed by atoms with van der Waals surface area (Å²) in [4.78, 5) is 23.6. The lowest BCUT2D eigenvalue weighted by atomic mass is 10.2. The summed E-state index contributed by atoms with van der Waals surface area (Å²) >= 11 is 0. The average Bonchev–Trinajstić information content (AvgIpc) is 2.74. The lowest BCUT2D eigenvalue weighted by Crippen LogP contribution is -2.20. The van der Waals surface area contributed by atoms with Crippen LogP contribution in [0.25, 0.3) is 0 Å². The van der Waals surface area contributed by atoms with E-state index in [4.69, 9.17) is 9.47 Å². The monoisotopic (exact) mass is 396 g/mol. The molecule has 0 spiro atoms. The molecule has 2 N–H and O–H groups in total. The molecular formula is C21H24N4O4. The van der Waals surface area contributed by atoms with Crippen LogP contribution >= 0.6 is 0 Å². The van der Waals surface area contributed by atoms with Gasteiger partial charge in [0.05, 0.1) is 26.6 Å². The van der Waals surface area contributed by atoms with Gasteiger partial charge in [0.25, 0.3) is 0 Å². The number of nitrogens with one attached hydrogen (secondary N) is 2. The Morgan fingerprint density at radius 1 is 0.793 bits per heavy atom. The minimum absolute atomic E-state index is 0.174. The van der Waals surface area contributed by atoms with Crippen LogP contribution in [-0.2, 0) is 9.59 Å². The summed E-state index contributed by atoms with van der Waals surface area (Å²) < 4.78 is 10.4. The Balaban J connectivity index is 1.68. The number of amides is 2. The third-order valence-electron chi connectivity index (χ3n) is 3.87. The Labute approximate surface area is 169 Å². The second-order valence-corrected chi connectivity index (χ2v) is 5.92. The molecule has 0 aliphatic rings. The molecule has 0 saturated heterocycles. The highest BCUT2D eigenvalue weighted by Crippen LogP contribution is 2.15. The summed E-state index contributed by atoms with van der Waals surface area (Å²) in [5.41, 5.74) is 6.37. The molecule has 2 aromatic rings. The van der Waals surface area contributed by atoms with Crippen molar-refractivity contribution in [3.05, 3.63) is 59.7 Å². The molecule has 0 atom stereocenters. The Morgan fingerprint density at radius 2 is 1.21 bits per heavy atom. The highest BCUT2D eigenvalue weighted by Gasteiger charge is 2.05. The van der Waals surface area contributed by atoms with Crippen molar-refractivity contribution in [3.63, 3.8) is 0 Å². The predicted octanol–water partition coefficient (Wildman–Crippen LogP) is 2.47. The first kappa shape index (κ1) is 21.6. The maximum Gasteiger partial charge on any atom is 0.240 e. The van der Waals surface area contributed by atoms with Crippen LogP contribution in [0.4, 0.5) is 0 Å². The Bertz CT molecular complexity index is 809. The molecule has 152 valence electrons. The van der Waals surface area contributed by atoms with E-state index in [2.05, 4.69) is 21.1 Å². The van der Waals surface area contributed by atoms with Crippen LogP contribution in [0.1, 0.15) is 30.4 Å². The van der Waals surface area contributed by atoms with Crippen molar-refractivity contribution in [3.8, 4) is 11.5 Å². The van der Waals surface area contributed by atoms with Crippen LogP contribution in [0.2, 0.25) is 0 Å². The summed E-state index contributed by atoms with van der Waals surface area (Å²) in [6.07, 6.45) is 3.75. The van der Waals surface area contributed by atoms with Gasteiger partial charge in [0.1, 0.15) is 11.5 Å². The molecule has 0 saturated carbocycles. The van der Waals surface area contributed by atoms with E-state index >= 15 is 0 Å². The van der Waals surface area contributed by atoms with Gasteiger partial charge >= 0.3 is 0 Å². The first-order valence-electron chi connectivity index (χ1n) is 9.04. The van der Waals surface area contributed by atoms with Gasteiger partial charge in [0.15, 0.2) is 0 Å². The van der Waals surface area contributed by atoms with Gasteiger partial charge < -0.3 is 9.47 Å². The number of benzene rings is 2. The second kappa shape index (κ2) is 11.9. The van der Waals surface area contributed by atoms with Crippen molar-refractivity contribution in [1.29, 1.82) is 0 Å². The number of para-hydroxylation sites is 2. The van der Waals surface area contributed by atoms with E-state index in [0.717, 1.165) is 11.1 Å². The van der Waals surface area contributed by atoms with Gasteiger partial charge in [-0.25, -0.2) is 10.9 Å². The predicted molar refractivity (Wildman–Crippen MR) is 111 cm³/mol. The van der Waals surface area contributed by atoms with Crippen molar-refractivity contribution in [1.82, 2.24) is 10.9 Å². The van der Waals surface area contributed by atoms with Gasteiger partial charge in [-0.2, -0.15) is 10.2 Å². The number of nitrogens with zero attached hydrogens (tertiary/aromatic N) is 2. The summed E-state index contributed by atoms with van der Waals surface area (Å²) in [5.74, 6) is 0.773. The lowest BCUT2D eigenvalue weighted by molar-refractivity contribution is -0.122. The van der Waals surface area contributed by atoms with E-state index < -0.39 is 0 Å². The molecule has 2 aromatic carbocycles. The molecule has 0 aliphatic carbocycles. The molecule has 2 rings (SSSR count). The number of hydrogen-bond acceptors (Lipinski definition) is 6. The maximum atomic E-state index is 11.8. The van der Waals surface area contributed by atoms with E-state index in [-0.39, 0.29) is 24.7 Å². The Morgan fingerprint density at radius 3 is 1.62 bits per heavy atom. The molecule has 0 aliphatic heterocycles. The zero-order chi connectivity index (χ0) is 20.9. The smallest absolute Gasteiger partial charge is 0.240 e. The third-order valence-corrected chi connectivity index (χ3v) is 3.87. The van der Waals surface area contributed by atoms with Gasteiger partial charge in [-0.15, -0.1) is 0 Å². The molecule has 0 radical (unpaired) electrons. The first-order chi connectivity index (χ1) is 14.1. The van der Waals surface area contributed by atoms with Gasteiger partial charge in [0.2, 0.25) is 11.8 Å². The van der Waals surface area contributed by atoms with Crippen LogP contribution in [0.15, 0.2) is 58.7 Å². The quantitative estimate of drug-likeness (QED) is 0.476. The van der Waals surface area contributed by atoms with Gasteiger partial charge in [-0.05, 0) is 30.7 Å². The van der Waals surface area contributed by atoms with E-state index in [1.807, 2.05) is 36.4 Å². The van der Waals surface area contributed by atoms with Crippen molar-refractivity contribution in [2.45, 2.75) is 19.3 Å². The standard InChI is InChI=1S/C21H24N4O4/c1-28-18-10-5-3-8-16(18)14-22-24-20(26)12-7-13-21(27)25-23-15-17-9-4-6-11-19(17)29-2/h3-6,8-11,14-15H,7,12-13H2,1-2H3,(H,24,26)(H,25,27)/b22-14+,23-15+. The average molecular weight is 396 g/mol. The molecule has 0 bridgehead atoms. The minimum Gasteiger partial charge on any atom is -0.496 e. The molecule has 0 fully saturated rings. The Hall–Kier alpha value is -3.68. The topological polar surface area (TPSA) is 101 Å².